The Bertz CT molecular complexity index is 683. The fourth-order valence-corrected chi connectivity index (χ4v) is 2.38. The molecule has 1 aromatic carbocycles. The number of aromatic nitrogens is 1. The summed E-state index contributed by atoms with van der Waals surface area (Å²) in [6, 6.07) is 4.62. The Balaban J connectivity index is 2.03. The Morgan fingerprint density at radius 3 is 2.89 bits per heavy atom. The van der Waals surface area contributed by atoms with E-state index in [1.807, 2.05) is 11.9 Å². The third kappa shape index (κ3) is 2.15. The van der Waals surface area contributed by atoms with Crippen molar-refractivity contribution in [3.05, 3.63) is 34.3 Å². The van der Waals surface area contributed by atoms with Crippen LogP contribution in [0.4, 0.5) is 0 Å². The lowest BCUT2D eigenvalue weighted by Gasteiger charge is -2.24. The van der Waals surface area contributed by atoms with Crippen molar-refractivity contribution in [2.75, 3.05) is 7.05 Å². The zero-order valence-electron chi connectivity index (χ0n) is 10.4. The number of likely N-dealkylation sites (N-methyl/N-ethyl adjacent to an activating group) is 1. The number of aromatic amines is 1. The highest BCUT2D eigenvalue weighted by Gasteiger charge is 2.35. The summed E-state index contributed by atoms with van der Waals surface area (Å²) < 4.78 is 4.97. The van der Waals surface area contributed by atoms with E-state index < -0.39 is 17.8 Å². The van der Waals surface area contributed by atoms with Gasteiger partial charge in [-0.2, -0.15) is 0 Å². The summed E-state index contributed by atoms with van der Waals surface area (Å²) in [6.07, 6.45) is 2.06. The molecule has 3 rings (SSSR count). The molecule has 0 amide bonds. The van der Waals surface area contributed by atoms with E-state index in [0.29, 0.717) is 22.7 Å². The van der Waals surface area contributed by atoms with Crippen LogP contribution in [0.5, 0.6) is 0 Å². The highest BCUT2D eigenvalue weighted by Crippen LogP contribution is 2.33. The van der Waals surface area contributed by atoms with Crippen molar-refractivity contribution in [3.8, 4) is 0 Å². The molecule has 19 heavy (non-hydrogen) atoms. The number of H-pyrrole nitrogens is 1. The van der Waals surface area contributed by atoms with Gasteiger partial charge in [0.2, 0.25) is 0 Å². The fraction of sp³-hybridized carbons (Fsp3) is 0.385. The maximum atomic E-state index is 11.5. The van der Waals surface area contributed by atoms with Gasteiger partial charge in [-0.25, -0.2) is 4.79 Å². The first-order chi connectivity index (χ1) is 9.06. The molecule has 0 aliphatic heterocycles. The first kappa shape index (κ1) is 12.0. The Morgan fingerprint density at radius 2 is 2.26 bits per heavy atom. The molecule has 1 saturated carbocycles. The highest BCUT2D eigenvalue weighted by atomic mass is 16.4. The lowest BCUT2D eigenvalue weighted by Crippen LogP contribution is -2.32. The summed E-state index contributed by atoms with van der Waals surface area (Å²) in [5.41, 5.74) is 1.59. The molecule has 2 aromatic rings. The quantitative estimate of drug-likeness (QED) is 0.868. The van der Waals surface area contributed by atoms with Gasteiger partial charge in [-0.1, -0.05) is 6.07 Å². The average Bonchev–Trinajstić information content (AvgIpc) is 3.11. The largest absolute Gasteiger partial charge is 0.480 e. The number of nitrogens with zero attached hydrogens (tertiary/aromatic N) is 1. The molecule has 1 fully saturated rings. The van der Waals surface area contributed by atoms with Gasteiger partial charge >= 0.3 is 11.7 Å². The van der Waals surface area contributed by atoms with Crippen molar-refractivity contribution in [1.29, 1.82) is 0 Å². The molecule has 0 spiro atoms. The van der Waals surface area contributed by atoms with Crippen LogP contribution in [-0.4, -0.2) is 34.0 Å². The fourth-order valence-electron chi connectivity index (χ4n) is 2.38. The number of carboxylic acid groups (broad SMARTS) is 1. The van der Waals surface area contributed by atoms with Crippen LogP contribution in [-0.2, 0) is 4.79 Å². The third-order valence-corrected chi connectivity index (χ3v) is 3.52. The maximum Gasteiger partial charge on any atom is 0.417 e. The normalized spacial score (nSPS) is 16.9. The predicted molar refractivity (Wildman–Crippen MR) is 68.0 cm³/mol. The van der Waals surface area contributed by atoms with E-state index in [-0.39, 0.29) is 0 Å². The molecule has 1 aliphatic rings. The summed E-state index contributed by atoms with van der Waals surface area (Å²) in [5.74, 6) is -1.43. The van der Waals surface area contributed by atoms with Crippen molar-refractivity contribution >= 4 is 17.1 Å². The molecule has 1 heterocycles. The second-order valence-corrected chi connectivity index (χ2v) is 4.91. The minimum Gasteiger partial charge on any atom is -0.480 e. The van der Waals surface area contributed by atoms with E-state index in [1.54, 1.807) is 18.2 Å². The number of rotatable bonds is 4. The van der Waals surface area contributed by atoms with Crippen molar-refractivity contribution in [2.45, 2.75) is 24.9 Å². The molecule has 6 heteroatoms. The number of oxazole rings is 1. The minimum atomic E-state index is -0.897. The van der Waals surface area contributed by atoms with Gasteiger partial charge in [-0.05, 0) is 37.6 Å². The van der Waals surface area contributed by atoms with Gasteiger partial charge in [0.1, 0.15) is 6.04 Å². The third-order valence-electron chi connectivity index (χ3n) is 3.52. The van der Waals surface area contributed by atoms with Crippen LogP contribution in [0.1, 0.15) is 24.4 Å². The minimum absolute atomic E-state index is 0.329. The number of carboxylic acids is 1. The molecule has 6 nitrogen and oxygen atoms in total. The van der Waals surface area contributed by atoms with E-state index in [0.717, 1.165) is 12.8 Å². The number of carbonyl (C=O) groups is 1. The van der Waals surface area contributed by atoms with Gasteiger partial charge in [0.25, 0.3) is 0 Å². The number of hydrogen-bond donors (Lipinski definition) is 2. The van der Waals surface area contributed by atoms with Crippen molar-refractivity contribution in [1.82, 2.24) is 9.88 Å². The summed E-state index contributed by atoms with van der Waals surface area (Å²) in [7, 11) is 1.81. The number of benzene rings is 1. The standard InChI is InChI=1S/C13H14N2O4/c1-15(8-3-4-8)11(12(16)17)7-2-5-9-10(6-7)19-13(18)14-9/h2,5-6,8,11H,3-4H2,1H3,(H,14,18)(H,16,17). The molecule has 0 saturated heterocycles. The number of hydrogen-bond acceptors (Lipinski definition) is 4. The first-order valence-electron chi connectivity index (χ1n) is 6.14. The highest BCUT2D eigenvalue weighted by molar-refractivity contribution is 5.79. The number of nitrogens with one attached hydrogen (secondary N) is 1. The topological polar surface area (TPSA) is 86.5 Å². The van der Waals surface area contributed by atoms with Crippen molar-refractivity contribution < 1.29 is 14.3 Å². The zero-order valence-corrected chi connectivity index (χ0v) is 10.4. The molecule has 0 bridgehead atoms. The molecule has 1 aliphatic carbocycles. The lowest BCUT2D eigenvalue weighted by molar-refractivity contribution is -0.143. The molecule has 1 aromatic heterocycles. The van der Waals surface area contributed by atoms with E-state index in [2.05, 4.69) is 4.98 Å². The van der Waals surface area contributed by atoms with Gasteiger partial charge < -0.3 is 9.52 Å². The van der Waals surface area contributed by atoms with Gasteiger partial charge in [-0.15, -0.1) is 0 Å². The summed E-state index contributed by atoms with van der Waals surface area (Å²) in [4.78, 5) is 27.0. The van der Waals surface area contributed by atoms with Crippen LogP contribution >= 0.6 is 0 Å². The average molecular weight is 262 g/mol. The van der Waals surface area contributed by atoms with Gasteiger partial charge in [0.05, 0.1) is 5.52 Å². The summed E-state index contributed by atoms with van der Waals surface area (Å²) >= 11 is 0. The monoisotopic (exact) mass is 262 g/mol. The molecule has 100 valence electrons. The van der Waals surface area contributed by atoms with Crippen LogP contribution in [0.25, 0.3) is 11.1 Å². The molecule has 1 unspecified atom stereocenters. The second-order valence-electron chi connectivity index (χ2n) is 4.91. The van der Waals surface area contributed by atoms with Crippen LogP contribution < -0.4 is 5.76 Å². The lowest BCUT2D eigenvalue weighted by atomic mass is 10.1. The van der Waals surface area contributed by atoms with Gasteiger partial charge in [0, 0.05) is 6.04 Å². The Hall–Kier alpha value is -2.08. The van der Waals surface area contributed by atoms with Crippen molar-refractivity contribution in [3.63, 3.8) is 0 Å². The zero-order chi connectivity index (χ0) is 13.6. The number of aliphatic carboxylic acids is 1. The van der Waals surface area contributed by atoms with E-state index >= 15 is 0 Å². The van der Waals surface area contributed by atoms with Crippen LogP contribution in [0.3, 0.4) is 0 Å². The van der Waals surface area contributed by atoms with Crippen molar-refractivity contribution in [2.24, 2.45) is 0 Å². The Morgan fingerprint density at radius 1 is 1.53 bits per heavy atom. The van der Waals surface area contributed by atoms with Gasteiger partial charge in [0.15, 0.2) is 5.58 Å². The molecular formula is C13H14N2O4. The summed E-state index contributed by atoms with van der Waals surface area (Å²) in [5, 5.41) is 9.41. The predicted octanol–water partition coefficient (Wildman–Crippen LogP) is 1.34. The van der Waals surface area contributed by atoms with Crippen LogP contribution in [0.2, 0.25) is 0 Å². The van der Waals surface area contributed by atoms with E-state index in [4.69, 9.17) is 4.42 Å². The smallest absolute Gasteiger partial charge is 0.417 e. The summed E-state index contributed by atoms with van der Waals surface area (Å²) in [6.45, 7) is 0. The van der Waals surface area contributed by atoms with E-state index in [1.165, 1.54) is 0 Å². The SMILES string of the molecule is CN(C1CC1)C(C(=O)O)c1ccc2[nH]c(=O)oc2c1. The van der Waals surface area contributed by atoms with Crippen LogP contribution in [0.15, 0.2) is 27.4 Å². The number of fused-ring (bicyclic) bond motifs is 1. The van der Waals surface area contributed by atoms with E-state index in [9.17, 15) is 14.7 Å². The first-order valence-corrected chi connectivity index (χ1v) is 6.14. The Kier molecular flexibility index (Phi) is 2.67. The molecular weight excluding hydrogens is 248 g/mol. The van der Waals surface area contributed by atoms with Gasteiger partial charge in [-0.3, -0.25) is 14.7 Å². The van der Waals surface area contributed by atoms with Crippen LogP contribution in [0, 0.1) is 0 Å². The molecule has 1 atom stereocenters. The second kappa shape index (κ2) is 4.24. The molecule has 2 N–H and O–H groups in total. The Labute approximate surface area is 108 Å². The molecule has 0 radical (unpaired) electrons. The maximum absolute atomic E-state index is 11.5.